The molecule has 1 amide bonds. The van der Waals surface area contributed by atoms with E-state index in [1.165, 1.54) is 28.1 Å². The number of ether oxygens (including phenoxy) is 1. The Morgan fingerprint density at radius 3 is 2.39 bits per heavy atom. The van der Waals surface area contributed by atoms with Gasteiger partial charge >= 0.3 is 0 Å². The minimum absolute atomic E-state index is 0.0176. The van der Waals surface area contributed by atoms with Crippen molar-refractivity contribution in [2.75, 3.05) is 26.2 Å². The van der Waals surface area contributed by atoms with Gasteiger partial charge in [0.15, 0.2) is 0 Å². The predicted molar refractivity (Wildman–Crippen MR) is 122 cm³/mol. The van der Waals surface area contributed by atoms with Crippen LogP contribution in [0.15, 0.2) is 47.4 Å². The lowest BCUT2D eigenvalue weighted by atomic mass is 10.2. The number of aryl methyl sites for hydroxylation is 1. The summed E-state index contributed by atoms with van der Waals surface area (Å²) in [6.07, 6.45) is 4.67. The van der Waals surface area contributed by atoms with Crippen molar-refractivity contribution in [3.8, 4) is 5.75 Å². The molecule has 0 unspecified atom stereocenters. The van der Waals surface area contributed by atoms with Crippen LogP contribution < -0.4 is 10.1 Å². The number of rotatable bonds is 8. The van der Waals surface area contributed by atoms with E-state index < -0.39 is 10.0 Å². The molecule has 0 saturated carbocycles. The highest BCUT2D eigenvalue weighted by atomic mass is 35.5. The van der Waals surface area contributed by atoms with E-state index in [0.29, 0.717) is 26.2 Å². The number of hydrogen-bond acceptors (Lipinski definition) is 4. The van der Waals surface area contributed by atoms with Crippen molar-refractivity contribution in [2.24, 2.45) is 0 Å². The van der Waals surface area contributed by atoms with Crippen molar-refractivity contribution in [1.29, 1.82) is 0 Å². The van der Waals surface area contributed by atoms with Crippen molar-refractivity contribution in [3.63, 3.8) is 0 Å². The third-order valence-electron chi connectivity index (χ3n) is 5.36. The number of nitrogens with one attached hydrogen (secondary N) is 1. The number of benzene rings is 2. The van der Waals surface area contributed by atoms with Crippen LogP contribution in [0.3, 0.4) is 0 Å². The highest BCUT2D eigenvalue weighted by molar-refractivity contribution is 7.89. The quantitative estimate of drug-likeness (QED) is 0.592. The van der Waals surface area contributed by atoms with Crippen LogP contribution in [0.2, 0.25) is 5.02 Å². The summed E-state index contributed by atoms with van der Waals surface area (Å²) >= 11 is 6.20. The van der Waals surface area contributed by atoms with Gasteiger partial charge in [0.1, 0.15) is 17.3 Å². The summed E-state index contributed by atoms with van der Waals surface area (Å²) in [5.41, 5.74) is 1.49. The highest BCUT2D eigenvalue weighted by Gasteiger charge is 2.28. The second-order valence-electron chi connectivity index (χ2n) is 7.57. The molecule has 0 radical (unpaired) electrons. The largest absolute Gasteiger partial charge is 0.492 e. The first kappa shape index (κ1) is 23.6. The molecule has 0 bridgehead atoms. The van der Waals surface area contributed by atoms with Crippen LogP contribution in [-0.4, -0.2) is 44.9 Å². The number of halogens is 1. The van der Waals surface area contributed by atoms with Crippen molar-refractivity contribution in [1.82, 2.24) is 9.62 Å². The Bertz CT molecular complexity index is 985. The molecule has 1 aliphatic rings. The van der Waals surface area contributed by atoms with Gasteiger partial charge in [-0.25, -0.2) is 8.42 Å². The molecular weight excluding hydrogens is 436 g/mol. The number of sulfonamides is 1. The van der Waals surface area contributed by atoms with Crippen LogP contribution in [-0.2, 0) is 16.4 Å². The number of nitrogens with zero attached hydrogens (tertiary/aromatic N) is 1. The average Bonchev–Trinajstić information content (AvgIpc) is 3.07. The van der Waals surface area contributed by atoms with Crippen molar-refractivity contribution >= 4 is 27.5 Å². The first-order valence-electron chi connectivity index (χ1n) is 10.7. The van der Waals surface area contributed by atoms with E-state index >= 15 is 0 Å². The smallest absolute Gasteiger partial charge is 0.251 e. The summed E-state index contributed by atoms with van der Waals surface area (Å²) in [7, 11) is -3.74. The minimum Gasteiger partial charge on any atom is -0.492 e. The van der Waals surface area contributed by atoms with Crippen LogP contribution in [0.25, 0.3) is 0 Å². The number of carbonyl (C=O) groups is 1. The van der Waals surface area contributed by atoms with Crippen molar-refractivity contribution in [3.05, 3.63) is 58.6 Å². The van der Waals surface area contributed by atoms with Crippen LogP contribution in [0.5, 0.6) is 5.75 Å². The van der Waals surface area contributed by atoms with Gasteiger partial charge in [-0.3, -0.25) is 4.79 Å². The predicted octanol–water partition coefficient (Wildman–Crippen LogP) is 4.28. The van der Waals surface area contributed by atoms with E-state index in [1.54, 1.807) is 0 Å². The summed E-state index contributed by atoms with van der Waals surface area (Å²) in [6.45, 7) is 3.65. The summed E-state index contributed by atoms with van der Waals surface area (Å²) in [5, 5.41) is 2.89. The maximum Gasteiger partial charge on any atom is 0.251 e. The molecule has 1 saturated heterocycles. The molecule has 0 atom stereocenters. The van der Waals surface area contributed by atoms with Gasteiger partial charge in [-0.1, -0.05) is 43.5 Å². The normalized spacial score (nSPS) is 15.3. The van der Waals surface area contributed by atoms with Gasteiger partial charge in [-0.05, 0) is 55.2 Å². The number of carbonyl (C=O) groups excluding carboxylic acids is 1. The van der Waals surface area contributed by atoms with Gasteiger partial charge in [-0.2, -0.15) is 4.31 Å². The van der Waals surface area contributed by atoms with E-state index in [9.17, 15) is 13.2 Å². The standard InChI is InChI=1S/C23H29ClN2O4S/c1-2-18-7-10-20(11-8-18)30-16-13-25-23(27)19-9-12-21(24)22(17-19)31(28,29)26-14-5-3-4-6-15-26/h7-12,17H,2-6,13-16H2,1H3,(H,25,27). The fraction of sp³-hybridized carbons (Fsp3) is 0.435. The van der Waals surface area contributed by atoms with E-state index in [4.69, 9.17) is 16.3 Å². The molecule has 8 heteroatoms. The van der Waals surface area contributed by atoms with E-state index in [0.717, 1.165) is 37.9 Å². The second-order valence-corrected chi connectivity index (χ2v) is 9.88. The SMILES string of the molecule is CCc1ccc(OCCNC(=O)c2ccc(Cl)c(S(=O)(=O)N3CCCCCC3)c2)cc1. The Labute approximate surface area is 189 Å². The fourth-order valence-corrected chi connectivity index (χ4v) is 5.54. The van der Waals surface area contributed by atoms with E-state index in [2.05, 4.69) is 12.2 Å². The molecule has 0 aromatic heterocycles. The minimum atomic E-state index is -3.74. The molecule has 2 aromatic carbocycles. The maximum atomic E-state index is 13.1. The molecule has 6 nitrogen and oxygen atoms in total. The van der Waals surface area contributed by atoms with E-state index in [-0.39, 0.29) is 21.4 Å². The Morgan fingerprint density at radius 2 is 1.74 bits per heavy atom. The lowest BCUT2D eigenvalue weighted by molar-refractivity contribution is 0.0947. The zero-order valence-electron chi connectivity index (χ0n) is 17.8. The van der Waals surface area contributed by atoms with Gasteiger partial charge in [0.05, 0.1) is 11.6 Å². The molecule has 1 fully saturated rings. The molecular formula is C23H29ClN2O4S. The second kappa shape index (κ2) is 11.0. The van der Waals surface area contributed by atoms with Crippen LogP contribution >= 0.6 is 11.6 Å². The zero-order chi connectivity index (χ0) is 22.3. The highest BCUT2D eigenvalue weighted by Crippen LogP contribution is 2.27. The number of hydrogen-bond donors (Lipinski definition) is 1. The Balaban J connectivity index is 1.61. The Hall–Kier alpha value is -2.09. The van der Waals surface area contributed by atoms with Gasteiger partial charge in [0, 0.05) is 18.7 Å². The Morgan fingerprint density at radius 1 is 1.06 bits per heavy atom. The third-order valence-corrected chi connectivity index (χ3v) is 7.74. The van der Waals surface area contributed by atoms with Gasteiger partial charge in [0.2, 0.25) is 10.0 Å². The maximum absolute atomic E-state index is 13.1. The lowest BCUT2D eigenvalue weighted by Crippen LogP contribution is -2.32. The van der Waals surface area contributed by atoms with Crippen molar-refractivity contribution < 1.29 is 17.9 Å². The molecule has 2 aromatic rings. The first-order valence-corrected chi connectivity index (χ1v) is 12.5. The van der Waals surface area contributed by atoms with Crippen LogP contribution in [0.4, 0.5) is 0 Å². The molecule has 0 spiro atoms. The molecule has 1 heterocycles. The van der Waals surface area contributed by atoms with Gasteiger partial charge in [0.25, 0.3) is 5.91 Å². The summed E-state index contributed by atoms with van der Waals surface area (Å²) in [5.74, 6) is 0.373. The van der Waals surface area contributed by atoms with Crippen LogP contribution in [0.1, 0.15) is 48.5 Å². The summed E-state index contributed by atoms with van der Waals surface area (Å²) in [6, 6.07) is 12.2. The Kier molecular flexibility index (Phi) is 8.35. The fourth-order valence-electron chi connectivity index (χ4n) is 3.52. The van der Waals surface area contributed by atoms with Gasteiger partial charge in [-0.15, -0.1) is 0 Å². The lowest BCUT2D eigenvalue weighted by Gasteiger charge is -2.21. The van der Waals surface area contributed by atoms with Crippen LogP contribution in [0, 0.1) is 0 Å². The number of amides is 1. The zero-order valence-corrected chi connectivity index (χ0v) is 19.3. The first-order chi connectivity index (χ1) is 14.9. The topological polar surface area (TPSA) is 75.7 Å². The molecule has 3 rings (SSSR count). The molecule has 31 heavy (non-hydrogen) atoms. The molecule has 1 N–H and O–H groups in total. The molecule has 0 aliphatic carbocycles. The third kappa shape index (κ3) is 6.21. The monoisotopic (exact) mass is 464 g/mol. The summed E-state index contributed by atoms with van der Waals surface area (Å²) < 4.78 is 33.3. The van der Waals surface area contributed by atoms with Crippen molar-refractivity contribution in [2.45, 2.75) is 43.9 Å². The van der Waals surface area contributed by atoms with E-state index in [1.807, 2.05) is 24.3 Å². The average molecular weight is 465 g/mol. The summed E-state index contributed by atoms with van der Waals surface area (Å²) in [4.78, 5) is 12.5. The molecule has 168 valence electrons. The molecule has 1 aliphatic heterocycles. The van der Waals surface area contributed by atoms with Gasteiger partial charge < -0.3 is 10.1 Å².